The molecule has 8 nitrogen and oxygen atoms in total. The van der Waals surface area contributed by atoms with E-state index < -0.39 is 16.4 Å². The van der Waals surface area contributed by atoms with E-state index in [4.69, 9.17) is 9.72 Å². The Morgan fingerprint density at radius 3 is 2.79 bits per heavy atom. The molecule has 10 heteroatoms. The molecule has 4 rings (SSSR count). The Morgan fingerprint density at radius 2 is 2.07 bits per heavy atom. The van der Waals surface area contributed by atoms with Gasteiger partial charge in [-0.05, 0) is 19.1 Å². The smallest absolute Gasteiger partial charge is 0.239 e. The average molecular weight is 418 g/mol. The van der Waals surface area contributed by atoms with Crippen molar-refractivity contribution in [3.05, 3.63) is 36.2 Å². The first-order valence-corrected chi connectivity index (χ1v) is 11.6. The molecule has 1 fully saturated rings. The molecule has 0 unspecified atom stereocenters. The molecule has 0 saturated carbocycles. The molecule has 1 aliphatic heterocycles. The Hall–Kier alpha value is -2.59. The maximum atomic E-state index is 13.8. The lowest BCUT2D eigenvalue weighted by molar-refractivity contribution is 0.0985. The van der Waals surface area contributed by atoms with Gasteiger partial charge in [0.1, 0.15) is 18.3 Å². The van der Waals surface area contributed by atoms with Crippen LogP contribution in [0.5, 0.6) is 0 Å². The minimum absolute atomic E-state index is 0.104. The van der Waals surface area contributed by atoms with Gasteiger partial charge in [-0.15, -0.1) is 0 Å². The number of fused-ring (bicyclic) bond motifs is 1. The number of para-hydroxylation sites is 2. The van der Waals surface area contributed by atoms with Crippen molar-refractivity contribution >= 4 is 32.4 Å². The van der Waals surface area contributed by atoms with Crippen LogP contribution in [0, 0.1) is 0 Å². The summed E-state index contributed by atoms with van der Waals surface area (Å²) in [6, 6.07) is 9.17. The predicted octanol–water partition coefficient (Wildman–Crippen LogP) is 2.87. The van der Waals surface area contributed by atoms with Gasteiger partial charge >= 0.3 is 0 Å². The van der Waals surface area contributed by atoms with Crippen molar-refractivity contribution in [2.75, 3.05) is 37.2 Å². The van der Waals surface area contributed by atoms with Crippen LogP contribution in [0.3, 0.4) is 0 Å². The van der Waals surface area contributed by atoms with Gasteiger partial charge in [-0.2, -0.15) is 14.3 Å². The molecule has 1 saturated heterocycles. The van der Waals surface area contributed by atoms with Gasteiger partial charge in [0.15, 0.2) is 5.82 Å². The summed E-state index contributed by atoms with van der Waals surface area (Å²) in [5, 5.41) is 0. The second-order valence-electron chi connectivity index (χ2n) is 7.26. The van der Waals surface area contributed by atoms with E-state index in [1.807, 2.05) is 31.2 Å². The first kappa shape index (κ1) is 19.7. The highest BCUT2D eigenvalue weighted by molar-refractivity contribution is 7.92. The molecule has 0 N–H and O–H groups in total. The van der Waals surface area contributed by atoms with E-state index in [-0.39, 0.29) is 17.8 Å². The van der Waals surface area contributed by atoms with Crippen molar-refractivity contribution in [2.45, 2.75) is 19.6 Å². The van der Waals surface area contributed by atoms with Crippen molar-refractivity contribution in [1.82, 2.24) is 19.5 Å². The Morgan fingerprint density at radius 1 is 1.28 bits per heavy atom. The van der Waals surface area contributed by atoms with Crippen molar-refractivity contribution in [1.29, 1.82) is 0 Å². The van der Waals surface area contributed by atoms with Crippen LogP contribution in [0.4, 0.5) is 16.0 Å². The molecule has 154 valence electrons. The van der Waals surface area contributed by atoms with Gasteiger partial charge in [0.2, 0.25) is 5.95 Å². The first-order valence-electron chi connectivity index (χ1n) is 9.29. The highest BCUT2D eigenvalue weighted by atomic mass is 32.2. The molecular weight excluding hydrogens is 395 g/mol. The summed E-state index contributed by atoms with van der Waals surface area (Å²) in [6.07, 6.45) is 3.09. The van der Waals surface area contributed by atoms with Crippen LogP contribution in [0.2, 0.25) is 0 Å². The average Bonchev–Trinajstić information content (AvgIpc) is 3.05. The predicted molar refractivity (Wildman–Crippen MR) is 111 cm³/mol. The van der Waals surface area contributed by atoms with E-state index in [1.54, 1.807) is 23.1 Å². The molecule has 0 amide bonds. The maximum Gasteiger partial charge on any atom is 0.239 e. The van der Waals surface area contributed by atoms with Crippen LogP contribution in [0.15, 0.2) is 34.7 Å². The molecule has 2 aromatic heterocycles. The normalized spacial score (nSPS) is 17.7. The largest absolute Gasteiger partial charge is 0.377 e. The number of rotatable bonds is 4. The van der Waals surface area contributed by atoms with E-state index >= 15 is 0 Å². The maximum absolute atomic E-state index is 13.8. The standard InChI is InChI=1S/C19H23FN6O2S/c1-13-12-28-9-8-25(13)17-10-16(24-29(2,3)27)22-19(23-17)26-15-7-5-4-6-14(15)21-18(26)11-20/h4-7,10,13H,8-9,11-12H2,1-3H3/t13-/m1/s1. The zero-order chi connectivity index (χ0) is 20.6. The number of hydrogen-bond donors (Lipinski definition) is 0. The third kappa shape index (κ3) is 4.08. The molecule has 1 aliphatic rings. The Balaban J connectivity index is 1.95. The highest BCUT2D eigenvalue weighted by Crippen LogP contribution is 2.27. The van der Waals surface area contributed by atoms with Gasteiger partial charge in [0.25, 0.3) is 0 Å². The summed E-state index contributed by atoms with van der Waals surface area (Å²) >= 11 is 0. The molecule has 0 radical (unpaired) electrons. The van der Waals surface area contributed by atoms with Crippen molar-refractivity contribution in [3.63, 3.8) is 0 Å². The quantitative estimate of drug-likeness (QED) is 0.648. The minimum atomic E-state index is -2.44. The number of morpholine rings is 1. The van der Waals surface area contributed by atoms with E-state index in [0.717, 1.165) is 0 Å². The zero-order valence-electron chi connectivity index (χ0n) is 16.6. The van der Waals surface area contributed by atoms with Crippen LogP contribution < -0.4 is 4.90 Å². The van der Waals surface area contributed by atoms with Gasteiger partial charge in [-0.3, -0.25) is 4.57 Å². The molecule has 1 atom stereocenters. The fourth-order valence-corrected chi connectivity index (χ4v) is 3.93. The van der Waals surface area contributed by atoms with Crippen LogP contribution in [-0.2, 0) is 21.1 Å². The summed E-state index contributed by atoms with van der Waals surface area (Å²) in [5.41, 5.74) is 1.36. The summed E-state index contributed by atoms with van der Waals surface area (Å²) in [4.78, 5) is 15.6. The molecule has 0 aliphatic carbocycles. The summed E-state index contributed by atoms with van der Waals surface area (Å²) in [5.74, 6) is 1.39. The third-order valence-corrected chi connectivity index (χ3v) is 5.24. The SMILES string of the molecule is C[C@@H]1COCCN1c1cc(N=S(C)(C)=O)nc(-n2c(CF)nc3ccccc32)n1. The topological polar surface area (TPSA) is 85.5 Å². The van der Waals surface area contributed by atoms with E-state index in [9.17, 15) is 8.60 Å². The Kier molecular flexibility index (Phi) is 5.22. The van der Waals surface area contributed by atoms with Crippen LogP contribution >= 0.6 is 0 Å². The highest BCUT2D eigenvalue weighted by Gasteiger charge is 2.23. The first-order chi connectivity index (χ1) is 13.9. The molecule has 0 spiro atoms. The number of hydrogen-bond acceptors (Lipinski definition) is 7. The third-order valence-electron chi connectivity index (χ3n) is 4.61. The van der Waals surface area contributed by atoms with E-state index in [1.165, 1.54) is 0 Å². The lowest BCUT2D eigenvalue weighted by atomic mass is 10.2. The van der Waals surface area contributed by atoms with Crippen LogP contribution in [0.25, 0.3) is 17.0 Å². The van der Waals surface area contributed by atoms with Crippen molar-refractivity contribution in [3.8, 4) is 5.95 Å². The number of benzene rings is 1. The number of anilines is 1. The Bertz CT molecular complexity index is 1160. The molecule has 29 heavy (non-hydrogen) atoms. The lowest BCUT2D eigenvalue weighted by Crippen LogP contribution is -2.44. The second kappa shape index (κ2) is 7.68. The van der Waals surface area contributed by atoms with Crippen molar-refractivity contribution < 1.29 is 13.3 Å². The molecule has 1 aromatic carbocycles. The van der Waals surface area contributed by atoms with Crippen LogP contribution in [-0.4, -0.2) is 62.0 Å². The van der Waals surface area contributed by atoms with E-state index in [0.29, 0.717) is 42.4 Å². The second-order valence-corrected chi connectivity index (χ2v) is 9.81. The van der Waals surface area contributed by atoms with Gasteiger partial charge in [0.05, 0.1) is 30.3 Å². The lowest BCUT2D eigenvalue weighted by Gasteiger charge is -2.34. The fraction of sp³-hybridized carbons (Fsp3) is 0.421. The molecule has 3 heterocycles. The number of nitrogens with zero attached hydrogens (tertiary/aromatic N) is 6. The molecule has 0 bridgehead atoms. The summed E-state index contributed by atoms with van der Waals surface area (Å²) in [7, 11) is -2.44. The number of aromatic nitrogens is 4. The van der Waals surface area contributed by atoms with Gasteiger partial charge in [-0.1, -0.05) is 12.1 Å². The van der Waals surface area contributed by atoms with Crippen molar-refractivity contribution in [2.24, 2.45) is 4.36 Å². The number of alkyl halides is 1. The zero-order valence-corrected chi connectivity index (χ0v) is 17.4. The summed E-state index contributed by atoms with van der Waals surface area (Å²) < 4.78 is 37.4. The van der Waals surface area contributed by atoms with Gasteiger partial charge < -0.3 is 9.64 Å². The summed E-state index contributed by atoms with van der Waals surface area (Å²) in [6.45, 7) is 3.10. The van der Waals surface area contributed by atoms with Crippen LogP contribution in [0.1, 0.15) is 12.7 Å². The Labute approximate surface area is 168 Å². The monoisotopic (exact) mass is 418 g/mol. The van der Waals surface area contributed by atoms with Gasteiger partial charge in [-0.25, -0.2) is 13.6 Å². The van der Waals surface area contributed by atoms with E-state index in [2.05, 4.69) is 19.2 Å². The minimum Gasteiger partial charge on any atom is -0.377 e. The number of imidazole rings is 1. The number of ether oxygens (including phenoxy) is 1. The fourth-order valence-electron chi connectivity index (χ4n) is 3.39. The number of halogens is 1. The molecular formula is C19H23FN6O2S. The van der Waals surface area contributed by atoms with Gasteiger partial charge in [0, 0.05) is 34.9 Å². The molecule has 3 aromatic rings.